The molecule has 1 rings (SSSR count). The Morgan fingerprint density at radius 2 is 1.88 bits per heavy atom. The predicted octanol–water partition coefficient (Wildman–Crippen LogP) is 1.59. The summed E-state index contributed by atoms with van der Waals surface area (Å²) >= 11 is 0. The van der Waals surface area contributed by atoms with Crippen LogP contribution in [0.1, 0.15) is 12.8 Å². The first kappa shape index (κ1) is 13.0. The number of rotatable bonds is 5. The minimum Gasteiger partial charge on any atom is -0.495 e. The van der Waals surface area contributed by atoms with E-state index in [0.717, 1.165) is 0 Å². The second-order valence-electron chi connectivity index (χ2n) is 3.32. The summed E-state index contributed by atoms with van der Waals surface area (Å²) in [5, 5.41) is 2.67. The number of nitrogens with one attached hydrogen (secondary N) is 1. The number of esters is 1. The van der Waals surface area contributed by atoms with Gasteiger partial charge in [0.25, 0.3) is 0 Å². The summed E-state index contributed by atoms with van der Waals surface area (Å²) in [4.78, 5) is 22.4. The zero-order chi connectivity index (χ0) is 12.7. The van der Waals surface area contributed by atoms with Gasteiger partial charge in [-0.05, 0) is 12.1 Å². The van der Waals surface area contributed by atoms with Gasteiger partial charge in [-0.3, -0.25) is 9.59 Å². The highest BCUT2D eigenvalue weighted by Gasteiger charge is 2.09. The van der Waals surface area contributed by atoms with E-state index >= 15 is 0 Å². The van der Waals surface area contributed by atoms with Crippen LogP contribution in [0.25, 0.3) is 0 Å². The number of anilines is 1. The van der Waals surface area contributed by atoms with Gasteiger partial charge in [0, 0.05) is 6.42 Å². The molecule has 0 radical (unpaired) electrons. The monoisotopic (exact) mass is 237 g/mol. The number of ether oxygens (including phenoxy) is 2. The van der Waals surface area contributed by atoms with Gasteiger partial charge in [-0.1, -0.05) is 12.1 Å². The molecule has 17 heavy (non-hydrogen) atoms. The maximum absolute atomic E-state index is 11.5. The molecule has 1 aromatic carbocycles. The van der Waals surface area contributed by atoms with E-state index in [2.05, 4.69) is 10.1 Å². The molecular formula is C12H15NO4. The molecule has 92 valence electrons. The lowest BCUT2D eigenvalue weighted by Gasteiger charge is -2.09. The molecule has 0 aliphatic heterocycles. The standard InChI is InChI=1S/C12H15NO4/c1-16-10-6-4-3-5-9(10)13-11(14)7-8-12(15)17-2/h3-6H,7-8H2,1-2H3,(H,13,14). The molecule has 0 unspecified atom stereocenters. The Hall–Kier alpha value is -2.04. The third kappa shape index (κ3) is 4.14. The minimum atomic E-state index is -0.403. The number of hydrogen-bond acceptors (Lipinski definition) is 4. The van der Waals surface area contributed by atoms with Gasteiger partial charge in [-0.2, -0.15) is 0 Å². The van der Waals surface area contributed by atoms with Gasteiger partial charge in [-0.25, -0.2) is 0 Å². The second-order valence-corrected chi connectivity index (χ2v) is 3.32. The molecule has 1 aromatic rings. The normalized spacial score (nSPS) is 9.53. The van der Waals surface area contributed by atoms with Crippen molar-refractivity contribution in [1.82, 2.24) is 0 Å². The average molecular weight is 237 g/mol. The Bertz CT molecular complexity index is 403. The molecule has 0 spiro atoms. The summed E-state index contributed by atoms with van der Waals surface area (Å²) < 4.78 is 9.54. The van der Waals surface area contributed by atoms with E-state index in [-0.39, 0.29) is 18.7 Å². The van der Waals surface area contributed by atoms with Gasteiger partial charge in [0.05, 0.1) is 26.3 Å². The molecule has 0 saturated carbocycles. The average Bonchev–Trinajstić information content (AvgIpc) is 2.36. The SMILES string of the molecule is COC(=O)CCC(=O)Nc1ccccc1OC. The smallest absolute Gasteiger partial charge is 0.306 e. The van der Waals surface area contributed by atoms with Crippen LogP contribution < -0.4 is 10.1 Å². The van der Waals surface area contributed by atoms with Crippen LogP contribution in [-0.4, -0.2) is 26.1 Å². The molecule has 0 aromatic heterocycles. The number of carbonyl (C=O) groups excluding carboxylic acids is 2. The number of methoxy groups -OCH3 is 2. The van der Waals surface area contributed by atoms with Gasteiger partial charge in [-0.15, -0.1) is 0 Å². The third-order valence-electron chi connectivity index (χ3n) is 2.16. The van der Waals surface area contributed by atoms with E-state index in [0.29, 0.717) is 11.4 Å². The fourth-order valence-electron chi connectivity index (χ4n) is 1.28. The lowest BCUT2D eigenvalue weighted by molar-refractivity contribution is -0.141. The molecule has 5 heteroatoms. The highest BCUT2D eigenvalue weighted by atomic mass is 16.5. The topological polar surface area (TPSA) is 64.6 Å². The van der Waals surface area contributed by atoms with Crippen molar-refractivity contribution in [2.24, 2.45) is 0 Å². The largest absolute Gasteiger partial charge is 0.495 e. The lowest BCUT2D eigenvalue weighted by atomic mass is 10.2. The molecule has 0 heterocycles. The van der Waals surface area contributed by atoms with Crippen LogP contribution in [0.2, 0.25) is 0 Å². The van der Waals surface area contributed by atoms with Gasteiger partial charge < -0.3 is 14.8 Å². The van der Waals surface area contributed by atoms with Crippen LogP contribution in [-0.2, 0) is 14.3 Å². The van der Waals surface area contributed by atoms with E-state index < -0.39 is 5.97 Å². The van der Waals surface area contributed by atoms with Crippen molar-refractivity contribution in [2.75, 3.05) is 19.5 Å². The Morgan fingerprint density at radius 1 is 1.18 bits per heavy atom. The van der Waals surface area contributed by atoms with Crippen molar-refractivity contribution in [2.45, 2.75) is 12.8 Å². The zero-order valence-electron chi connectivity index (χ0n) is 9.86. The van der Waals surface area contributed by atoms with E-state index in [4.69, 9.17) is 4.74 Å². The number of carbonyl (C=O) groups is 2. The van der Waals surface area contributed by atoms with Crippen LogP contribution >= 0.6 is 0 Å². The summed E-state index contributed by atoms with van der Waals surface area (Å²) in [6.07, 6.45) is 0.155. The first-order valence-electron chi connectivity index (χ1n) is 5.17. The van der Waals surface area contributed by atoms with Crippen molar-refractivity contribution < 1.29 is 19.1 Å². The molecule has 5 nitrogen and oxygen atoms in total. The molecule has 0 aliphatic carbocycles. The molecule has 1 N–H and O–H groups in total. The molecule has 0 aliphatic rings. The number of para-hydroxylation sites is 2. The number of hydrogen-bond donors (Lipinski definition) is 1. The zero-order valence-corrected chi connectivity index (χ0v) is 9.86. The third-order valence-corrected chi connectivity index (χ3v) is 2.16. The maximum Gasteiger partial charge on any atom is 0.306 e. The Labute approximate surface area is 99.7 Å². The fraction of sp³-hybridized carbons (Fsp3) is 0.333. The molecule has 0 atom stereocenters. The Morgan fingerprint density at radius 3 is 2.53 bits per heavy atom. The van der Waals surface area contributed by atoms with Crippen LogP contribution in [0.3, 0.4) is 0 Å². The first-order valence-corrected chi connectivity index (χ1v) is 5.17. The van der Waals surface area contributed by atoms with Crippen molar-refractivity contribution in [3.8, 4) is 5.75 Å². The lowest BCUT2D eigenvalue weighted by Crippen LogP contribution is -2.14. The quantitative estimate of drug-likeness (QED) is 0.790. The number of amides is 1. The first-order chi connectivity index (χ1) is 8.17. The van der Waals surface area contributed by atoms with Gasteiger partial charge in [0.1, 0.15) is 5.75 Å². The van der Waals surface area contributed by atoms with Gasteiger partial charge >= 0.3 is 5.97 Å². The van der Waals surface area contributed by atoms with E-state index in [1.807, 2.05) is 6.07 Å². The van der Waals surface area contributed by atoms with Crippen molar-refractivity contribution >= 4 is 17.6 Å². The summed E-state index contributed by atoms with van der Waals surface area (Å²) in [5.74, 6) is -0.0704. The molecular weight excluding hydrogens is 222 g/mol. The highest BCUT2D eigenvalue weighted by Crippen LogP contribution is 2.23. The summed E-state index contributed by atoms with van der Waals surface area (Å²) in [7, 11) is 2.82. The van der Waals surface area contributed by atoms with E-state index in [1.54, 1.807) is 18.2 Å². The van der Waals surface area contributed by atoms with E-state index in [1.165, 1.54) is 14.2 Å². The second kappa shape index (κ2) is 6.52. The van der Waals surface area contributed by atoms with Crippen molar-refractivity contribution in [3.05, 3.63) is 24.3 Å². The summed E-state index contributed by atoms with van der Waals surface area (Å²) in [6, 6.07) is 7.08. The van der Waals surface area contributed by atoms with Crippen molar-refractivity contribution in [3.63, 3.8) is 0 Å². The number of benzene rings is 1. The van der Waals surface area contributed by atoms with Crippen LogP contribution in [0, 0.1) is 0 Å². The summed E-state index contributed by atoms with van der Waals surface area (Å²) in [6.45, 7) is 0. The molecule has 0 saturated heterocycles. The molecule has 0 fully saturated rings. The van der Waals surface area contributed by atoms with Crippen LogP contribution in [0.5, 0.6) is 5.75 Å². The van der Waals surface area contributed by atoms with Crippen LogP contribution in [0.15, 0.2) is 24.3 Å². The molecule has 0 bridgehead atoms. The van der Waals surface area contributed by atoms with Gasteiger partial charge in [0.2, 0.25) is 5.91 Å². The molecule has 1 amide bonds. The maximum atomic E-state index is 11.5. The summed E-state index contributed by atoms with van der Waals surface area (Å²) in [5.41, 5.74) is 0.588. The highest BCUT2D eigenvalue weighted by molar-refractivity contribution is 5.93. The minimum absolute atomic E-state index is 0.0669. The van der Waals surface area contributed by atoms with Gasteiger partial charge in [0.15, 0.2) is 0 Å². The van der Waals surface area contributed by atoms with E-state index in [9.17, 15) is 9.59 Å². The Balaban J connectivity index is 2.53. The fourth-order valence-corrected chi connectivity index (χ4v) is 1.28. The van der Waals surface area contributed by atoms with Crippen molar-refractivity contribution in [1.29, 1.82) is 0 Å². The predicted molar refractivity (Wildman–Crippen MR) is 62.9 cm³/mol. The Kier molecular flexibility index (Phi) is 5.00. The van der Waals surface area contributed by atoms with Crippen LogP contribution in [0.4, 0.5) is 5.69 Å².